The van der Waals surface area contributed by atoms with Crippen LogP contribution in [0, 0.1) is 0 Å². The molecule has 2 aliphatic carbocycles. The first kappa shape index (κ1) is 26.9. The summed E-state index contributed by atoms with van der Waals surface area (Å²) in [5.74, 6) is 1.26. The van der Waals surface area contributed by atoms with Gasteiger partial charge in [-0.05, 0) is 87.0 Å². The predicted molar refractivity (Wildman–Crippen MR) is 200 cm³/mol. The fourth-order valence-electron chi connectivity index (χ4n) is 9.24. The molecule has 10 aromatic rings. The van der Waals surface area contributed by atoms with Crippen LogP contribution in [-0.4, -0.2) is 34.1 Å². The maximum absolute atomic E-state index is 4.74. The minimum Gasteiger partial charge on any atom is -0.278 e. The van der Waals surface area contributed by atoms with Gasteiger partial charge in [0.2, 0.25) is 11.9 Å². The van der Waals surface area contributed by atoms with Crippen molar-refractivity contribution in [2.24, 2.45) is 0 Å². The van der Waals surface area contributed by atoms with Crippen molar-refractivity contribution >= 4 is 43.6 Å². The van der Waals surface area contributed by atoms with Crippen LogP contribution in [0.25, 0.3) is 77.8 Å². The van der Waals surface area contributed by atoms with Gasteiger partial charge < -0.3 is 0 Å². The SMILES string of the molecule is c1cnc(-n2c3ccccc3c3cc4c(cc32)C2(c3ccccc3-4)c3ccccc3-c3cc4c5ccccc5n(-c5ncncn5)c4cc32)nc1. The number of benzene rings is 6. The summed E-state index contributed by atoms with van der Waals surface area (Å²) in [5, 5.41) is 4.69. The van der Waals surface area contributed by atoms with Crippen LogP contribution in [0.5, 0.6) is 0 Å². The lowest BCUT2D eigenvalue weighted by Gasteiger charge is -2.30. The average molecular weight is 652 g/mol. The maximum Gasteiger partial charge on any atom is 0.237 e. The Hall–Kier alpha value is -6.99. The highest BCUT2D eigenvalue weighted by molar-refractivity contribution is 6.14. The van der Waals surface area contributed by atoms with Crippen LogP contribution in [0.4, 0.5) is 0 Å². The quantitative estimate of drug-likeness (QED) is 0.186. The number of rotatable bonds is 2. The number of fused-ring (bicyclic) bond motifs is 16. The summed E-state index contributed by atoms with van der Waals surface area (Å²) in [6.45, 7) is 0. The van der Waals surface area contributed by atoms with Gasteiger partial charge in [0.25, 0.3) is 0 Å². The van der Waals surface area contributed by atoms with Crippen LogP contribution in [0.3, 0.4) is 0 Å². The van der Waals surface area contributed by atoms with E-state index in [1.165, 1.54) is 60.7 Å². The van der Waals surface area contributed by atoms with Gasteiger partial charge in [-0.1, -0.05) is 84.9 Å². The van der Waals surface area contributed by atoms with Crippen molar-refractivity contribution in [3.8, 4) is 34.2 Å². The fourth-order valence-corrected chi connectivity index (χ4v) is 9.24. The summed E-state index contributed by atoms with van der Waals surface area (Å²) in [4.78, 5) is 22.9. The van der Waals surface area contributed by atoms with Crippen molar-refractivity contribution < 1.29 is 0 Å². The molecular formula is C44H25N7. The molecule has 12 rings (SSSR count). The molecule has 51 heavy (non-hydrogen) atoms. The third kappa shape index (κ3) is 3.26. The van der Waals surface area contributed by atoms with Crippen molar-refractivity contribution in [3.63, 3.8) is 0 Å². The summed E-state index contributed by atoms with van der Waals surface area (Å²) in [6, 6.07) is 46.5. The summed E-state index contributed by atoms with van der Waals surface area (Å²) in [7, 11) is 0. The summed E-state index contributed by atoms with van der Waals surface area (Å²) < 4.78 is 4.39. The van der Waals surface area contributed by atoms with Gasteiger partial charge in [0.05, 0.1) is 27.5 Å². The van der Waals surface area contributed by atoms with Gasteiger partial charge in [0.1, 0.15) is 12.7 Å². The Morgan fingerprint density at radius 1 is 0.373 bits per heavy atom. The minimum absolute atomic E-state index is 0.570. The van der Waals surface area contributed by atoms with Gasteiger partial charge in [-0.3, -0.25) is 9.13 Å². The molecule has 0 saturated heterocycles. The van der Waals surface area contributed by atoms with Crippen molar-refractivity contribution in [1.82, 2.24) is 34.1 Å². The normalized spacial score (nSPS) is 15.5. The monoisotopic (exact) mass is 651 g/mol. The molecule has 0 saturated carbocycles. The third-order valence-electron chi connectivity index (χ3n) is 11.1. The highest BCUT2D eigenvalue weighted by Crippen LogP contribution is 2.64. The second-order valence-electron chi connectivity index (χ2n) is 13.4. The molecule has 7 nitrogen and oxygen atoms in total. The van der Waals surface area contributed by atoms with Gasteiger partial charge in [-0.15, -0.1) is 0 Å². The Labute approximate surface area is 291 Å². The summed E-state index contributed by atoms with van der Waals surface area (Å²) in [6.07, 6.45) is 6.76. The first-order chi connectivity index (χ1) is 25.3. The van der Waals surface area contributed by atoms with Crippen LogP contribution >= 0.6 is 0 Å². The van der Waals surface area contributed by atoms with Gasteiger partial charge >= 0.3 is 0 Å². The van der Waals surface area contributed by atoms with E-state index in [9.17, 15) is 0 Å². The molecule has 7 heteroatoms. The Kier molecular flexibility index (Phi) is 5.05. The number of hydrogen-bond acceptors (Lipinski definition) is 5. The highest BCUT2D eigenvalue weighted by Gasteiger charge is 2.52. The number of para-hydroxylation sites is 2. The van der Waals surface area contributed by atoms with Gasteiger partial charge in [0.15, 0.2) is 0 Å². The topological polar surface area (TPSA) is 74.3 Å². The molecule has 0 bridgehead atoms. The summed E-state index contributed by atoms with van der Waals surface area (Å²) in [5.41, 5.74) is 13.8. The molecule has 2 aliphatic rings. The smallest absolute Gasteiger partial charge is 0.237 e. The molecule has 6 aromatic carbocycles. The highest BCUT2D eigenvalue weighted by atomic mass is 15.2. The van der Waals surface area contributed by atoms with Crippen molar-refractivity contribution in [2.45, 2.75) is 5.41 Å². The molecule has 0 fully saturated rings. The molecule has 4 heterocycles. The van der Waals surface area contributed by atoms with E-state index in [1.807, 2.05) is 18.5 Å². The molecule has 0 N–H and O–H groups in total. The second-order valence-corrected chi connectivity index (χ2v) is 13.4. The van der Waals surface area contributed by atoms with Crippen LogP contribution in [-0.2, 0) is 5.41 Å². The Balaban J connectivity index is 1.27. The van der Waals surface area contributed by atoms with E-state index >= 15 is 0 Å². The van der Waals surface area contributed by atoms with Crippen molar-refractivity contribution in [3.05, 3.63) is 175 Å². The largest absolute Gasteiger partial charge is 0.278 e. The number of hydrogen-bond donors (Lipinski definition) is 0. The van der Waals surface area contributed by atoms with E-state index in [1.54, 1.807) is 12.7 Å². The lowest BCUT2D eigenvalue weighted by molar-refractivity contribution is 0.794. The first-order valence-corrected chi connectivity index (χ1v) is 17.1. The Bertz CT molecular complexity index is 2880. The summed E-state index contributed by atoms with van der Waals surface area (Å²) >= 11 is 0. The van der Waals surface area contributed by atoms with Crippen LogP contribution < -0.4 is 0 Å². The standard InChI is InChI=1S/C44H25N7/c1-5-14-34-26(10-1)30-20-32-28-12-3-7-16-38(28)50(42-46-18-9-19-47-42)40(32)22-36(30)44(34)35-15-6-2-11-27(35)31-21-33-29-13-4-8-17-39(29)51(41(33)23-37(31)44)43-48-24-45-25-49-43/h1-25H. The van der Waals surface area contributed by atoms with Crippen LogP contribution in [0.2, 0.25) is 0 Å². The van der Waals surface area contributed by atoms with E-state index in [4.69, 9.17) is 9.97 Å². The van der Waals surface area contributed by atoms with Crippen LogP contribution in [0.1, 0.15) is 22.3 Å². The van der Waals surface area contributed by atoms with E-state index in [0.29, 0.717) is 11.9 Å². The van der Waals surface area contributed by atoms with E-state index in [2.05, 4.69) is 145 Å². The number of aromatic nitrogens is 7. The van der Waals surface area contributed by atoms with Gasteiger partial charge in [-0.25, -0.2) is 24.9 Å². The lowest BCUT2D eigenvalue weighted by atomic mass is 9.70. The van der Waals surface area contributed by atoms with E-state index in [0.717, 1.165) is 27.5 Å². The van der Waals surface area contributed by atoms with Gasteiger partial charge in [-0.2, -0.15) is 0 Å². The fraction of sp³-hybridized carbons (Fsp3) is 0.0227. The van der Waals surface area contributed by atoms with E-state index < -0.39 is 5.41 Å². The Morgan fingerprint density at radius 3 is 1.39 bits per heavy atom. The lowest BCUT2D eigenvalue weighted by Crippen LogP contribution is -2.26. The molecule has 1 spiro atoms. The molecule has 4 aromatic heterocycles. The van der Waals surface area contributed by atoms with Crippen molar-refractivity contribution in [2.75, 3.05) is 0 Å². The Morgan fingerprint density at radius 2 is 0.843 bits per heavy atom. The maximum atomic E-state index is 4.74. The first-order valence-electron chi connectivity index (χ1n) is 17.1. The van der Waals surface area contributed by atoms with Crippen molar-refractivity contribution in [1.29, 1.82) is 0 Å². The molecule has 0 radical (unpaired) electrons. The second kappa shape index (κ2) is 9.58. The zero-order chi connectivity index (χ0) is 33.3. The molecule has 1 atom stereocenters. The molecule has 0 amide bonds. The molecule has 0 aliphatic heterocycles. The third-order valence-corrected chi connectivity index (χ3v) is 11.1. The zero-order valence-corrected chi connectivity index (χ0v) is 27.1. The minimum atomic E-state index is -0.570. The molecule has 236 valence electrons. The predicted octanol–water partition coefficient (Wildman–Crippen LogP) is 9.20. The average Bonchev–Trinajstić information content (AvgIpc) is 3.88. The van der Waals surface area contributed by atoms with Gasteiger partial charge in [0, 0.05) is 33.9 Å². The zero-order valence-electron chi connectivity index (χ0n) is 27.1. The van der Waals surface area contributed by atoms with E-state index in [-0.39, 0.29) is 0 Å². The number of nitrogens with zero attached hydrogens (tertiary/aromatic N) is 7. The molecule has 1 unspecified atom stereocenters. The molecular weight excluding hydrogens is 627 g/mol. The van der Waals surface area contributed by atoms with Crippen LogP contribution in [0.15, 0.2) is 152 Å².